The molecular formula is C17H26O3S. The van der Waals surface area contributed by atoms with Crippen LogP contribution in [-0.4, -0.2) is 21.9 Å². The maximum atomic E-state index is 12.2. The first kappa shape index (κ1) is 18.1. The molecular weight excluding hydrogens is 284 g/mol. The lowest BCUT2D eigenvalue weighted by Gasteiger charge is -2.20. The van der Waals surface area contributed by atoms with Gasteiger partial charge in [-0.15, -0.1) is 0 Å². The van der Waals surface area contributed by atoms with Gasteiger partial charge in [0.25, 0.3) is 0 Å². The monoisotopic (exact) mass is 310 g/mol. The highest BCUT2D eigenvalue weighted by molar-refractivity contribution is 7.91. The van der Waals surface area contributed by atoms with Crippen LogP contribution in [0, 0.1) is 0 Å². The molecule has 0 aliphatic heterocycles. The topological polar surface area (TPSA) is 49.4 Å². The van der Waals surface area contributed by atoms with E-state index in [9.17, 15) is 9.35 Å². The first-order valence-electron chi connectivity index (χ1n) is 7.20. The zero-order valence-electron chi connectivity index (χ0n) is 13.9. The molecule has 1 aromatic rings. The van der Waals surface area contributed by atoms with Gasteiger partial charge in [-0.1, -0.05) is 32.9 Å². The van der Waals surface area contributed by atoms with Gasteiger partial charge in [-0.25, -0.2) is 0 Å². The summed E-state index contributed by atoms with van der Waals surface area (Å²) in [5, 5.41) is 0. The minimum atomic E-state index is -1.17. The van der Waals surface area contributed by atoms with Crippen molar-refractivity contribution in [3.63, 3.8) is 0 Å². The Morgan fingerprint density at radius 2 is 1.62 bits per heavy atom. The Morgan fingerprint density at radius 3 is 2.05 bits per heavy atom. The van der Waals surface area contributed by atoms with E-state index in [4.69, 9.17) is 4.74 Å². The van der Waals surface area contributed by atoms with Gasteiger partial charge in [0, 0.05) is 0 Å². The first-order chi connectivity index (χ1) is 9.49. The molecule has 1 atom stereocenters. The first-order valence-corrected chi connectivity index (χ1v) is 8.52. The van der Waals surface area contributed by atoms with Crippen LogP contribution in [0.15, 0.2) is 29.2 Å². The second kappa shape index (κ2) is 6.84. The average molecular weight is 310 g/mol. The fourth-order valence-corrected chi connectivity index (χ4v) is 2.82. The van der Waals surface area contributed by atoms with Gasteiger partial charge in [-0.3, -0.25) is 4.79 Å². The normalized spacial score (nSPS) is 13.9. The highest BCUT2D eigenvalue weighted by Gasteiger charge is 2.20. The fourth-order valence-electron chi connectivity index (χ4n) is 1.79. The van der Waals surface area contributed by atoms with Gasteiger partial charge in [0.15, 0.2) is 4.90 Å². The summed E-state index contributed by atoms with van der Waals surface area (Å²) in [7, 11) is 0. The van der Waals surface area contributed by atoms with Crippen molar-refractivity contribution in [2.45, 2.75) is 63.9 Å². The number of carbonyl (C=O) groups is 1. The summed E-state index contributed by atoms with van der Waals surface area (Å²) in [4.78, 5) is 12.4. The van der Waals surface area contributed by atoms with Crippen molar-refractivity contribution in [2.24, 2.45) is 0 Å². The minimum absolute atomic E-state index is 0.0799. The summed E-state index contributed by atoms with van der Waals surface area (Å²) in [6, 6.07) is 7.76. The highest BCUT2D eigenvalue weighted by atomic mass is 32.2. The van der Waals surface area contributed by atoms with E-state index < -0.39 is 16.8 Å². The number of hydrogen-bond acceptors (Lipinski definition) is 3. The molecule has 3 nitrogen and oxygen atoms in total. The zero-order chi connectivity index (χ0) is 16.3. The third kappa shape index (κ3) is 6.53. The van der Waals surface area contributed by atoms with Gasteiger partial charge in [0.05, 0.1) is 6.42 Å². The Balaban J connectivity index is 2.56. The van der Waals surface area contributed by atoms with Crippen LogP contribution < -0.4 is 0 Å². The van der Waals surface area contributed by atoms with Crippen LogP contribution in [0.1, 0.15) is 53.5 Å². The average Bonchev–Trinajstić information content (AvgIpc) is 2.33. The molecule has 0 radical (unpaired) electrons. The lowest BCUT2D eigenvalue weighted by molar-refractivity contribution is -0.154. The maximum Gasteiger partial charge on any atom is 0.311 e. The van der Waals surface area contributed by atoms with Crippen molar-refractivity contribution in [2.75, 3.05) is 5.75 Å². The third-order valence-electron chi connectivity index (χ3n) is 2.89. The van der Waals surface area contributed by atoms with Gasteiger partial charge in [0.1, 0.15) is 11.4 Å². The number of benzene rings is 1. The number of esters is 1. The molecule has 4 heteroatoms. The van der Waals surface area contributed by atoms with Crippen LogP contribution in [0.25, 0.3) is 0 Å². The summed E-state index contributed by atoms with van der Waals surface area (Å²) < 4.78 is 17.4. The molecule has 0 heterocycles. The Hall–Kier alpha value is -1.00. The molecule has 0 N–H and O–H groups in total. The summed E-state index contributed by atoms with van der Waals surface area (Å²) in [5.74, 6) is -0.00814. The summed E-state index contributed by atoms with van der Waals surface area (Å²) in [5.41, 5.74) is 0.791. The quantitative estimate of drug-likeness (QED) is 0.627. The Bertz CT molecular complexity index is 466. The molecule has 0 saturated heterocycles. The summed E-state index contributed by atoms with van der Waals surface area (Å²) in [6.45, 7) is 11.9. The van der Waals surface area contributed by atoms with E-state index in [2.05, 4.69) is 20.8 Å². The van der Waals surface area contributed by atoms with E-state index >= 15 is 0 Å². The van der Waals surface area contributed by atoms with E-state index in [1.54, 1.807) is 0 Å². The lowest BCUT2D eigenvalue weighted by atomic mass is 9.87. The van der Waals surface area contributed by atoms with Gasteiger partial charge >= 0.3 is 5.97 Å². The summed E-state index contributed by atoms with van der Waals surface area (Å²) in [6.07, 6.45) is 0.172. The van der Waals surface area contributed by atoms with Crippen molar-refractivity contribution in [3.05, 3.63) is 29.8 Å². The largest absolute Gasteiger partial charge is 0.611 e. The van der Waals surface area contributed by atoms with Gasteiger partial charge < -0.3 is 9.29 Å². The van der Waals surface area contributed by atoms with Gasteiger partial charge in [-0.2, -0.15) is 0 Å². The zero-order valence-corrected chi connectivity index (χ0v) is 14.7. The standard InChI is InChI=1S/C17H26O3S/c1-16(2,3)13-7-9-14(10-8-13)21(19)12-11-15(18)20-17(4,5)6/h7-10H,11-12H2,1-6H3. The molecule has 1 rings (SSSR count). The molecule has 118 valence electrons. The van der Waals surface area contributed by atoms with Crippen molar-refractivity contribution >= 4 is 17.1 Å². The van der Waals surface area contributed by atoms with E-state index in [1.165, 1.54) is 5.56 Å². The molecule has 0 spiro atoms. The lowest BCUT2D eigenvalue weighted by Crippen LogP contribution is -2.25. The Morgan fingerprint density at radius 1 is 1.10 bits per heavy atom. The molecule has 0 aliphatic rings. The number of rotatable bonds is 4. The molecule has 0 saturated carbocycles. The smallest absolute Gasteiger partial charge is 0.311 e. The molecule has 0 bridgehead atoms. The van der Waals surface area contributed by atoms with Crippen molar-refractivity contribution < 1.29 is 14.1 Å². The van der Waals surface area contributed by atoms with Crippen molar-refractivity contribution in [3.8, 4) is 0 Å². The van der Waals surface area contributed by atoms with E-state index in [0.717, 1.165) is 4.90 Å². The van der Waals surface area contributed by atoms with Gasteiger partial charge in [0.2, 0.25) is 0 Å². The highest BCUT2D eigenvalue weighted by Crippen LogP contribution is 2.24. The third-order valence-corrected chi connectivity index (χ3v) is 4.27. The van der Waals surface area contributed by atoms with Gasteiger partial charge in [-0.05, 0) is 55.1 Å². The summed E-state index contributed by atoms with van der Waals surface area (Å²) >= 11 is -1.17. The molecule has 1 unspecified atom stereocenters. The molecule has 0 amide bonds. The Kier molecular flexibility index (Phi) is 5.88. The molecule has 0 aromatic heterocycles. The second-order valence-electron chi connectivity index (χ2n) is 7.16. The molecule has 1 aromatic carbocycles. The van der Waals surface area contributed by atoms with Crippen LogP contribution in [0.5, 0.6) is 0 Å². The van der Waals surface area contributed by atoms with Crippen LogP contribution in [0.3, 0.4) is 0 Å². The number of hydrogen-bond donors (Lipinski definition) is 0. The second-order valence-corrected chi connectivity index (χ2v) is 8.73. The number of ether oxygens (including phenoxy) is 1. The van der Waals surface area contributed by atoms with Crippen LogP contribution in [0.4, 0.5) is 0 Å². The SMILES string of the molecule is CC(C)(C)OC(=O)CC[S+]([O-])c1ccc(C(C)(C)C)cc1. The Labute approximate surface area is 131 Å². The van der Waals surface area contributed by atoms with Crippen LogP contribution in [0.2, 0.25) is 0 Å². The van der Waals surface area contributed by atoms with Crippen LogP contribution >= 0.6 is 0 Å². The van der Waals surface area contributed by atoms with Crippen LogP contribution in [-0.2, 0) is 26.1 Å². The van der Waals surface area contributed by atoms with E-state index in [1.807, 2.05) is 45.0 Å². The van der Waals surface area contributed by atoms with Crippen molar-refractivity contribution in [1.29, 1.82) is 0 Å². The van der Waals surface area contributed by atoms with Crippen molar-refractivity contribution in [1.82, 2.24) is 0 Å². The fraction of sp³-hybridized carbons (Fsp3) is 0.588. The predicted molar refractivity (Wildman–Crippen MR) is 86.9 cm³/mol. The van der Waals surface area contributed by atoms with E-state index in [-0.39, 0.29) is 17.8 Å². The minimum Gasteiger partial charge on any atom is -0.611 e. The molecule has 21 heavy (non-hydrogen) atoms. The molecule has 0 aliphatic carbocycles. The predicted octanol–water partition coefficient (Wildman–Crippen LogP) is 3.82. The molecule has 0 fully saturated rings. The maximum absolute atomic E-state index is 12.2. The van der Waals surface area contributed by atoms with E-state index in [0.29, 0.717) is 5.75 Å². The number of carbonyl (C=O) groups excluding carboxylic acids is 1.